The third-order valence-corrected chi connectivity index (χ3v) is 1.74. The minimum absolute atomic E-state index is 0.394. The standard InChI is InChI=1S/C9H17NO3/c1-9(2,3)10(8(12)13)6-4-5-7-11/h7H,4-6H2,1-3H3,(H,12,13). The number of rotatable bonds is 4. The zero-order chi connectivity index (χ0) is 10.5. The Hall–Kier alpha value is -1.06. The maximum Gasteiger partial charge on any atom is 0.407 e. The van der Waals surface area contributed by atoms with E-state index in [9.17, 15) is 9.59 Å². The van der Waals surface area contributed by atoms with Gasteiger partial charge in [-0.1, -0.05) is 0 Å². The second-order valence-corrected chi connectivity index (χ2v) is 3.91. The van der Waals surface area contributed by atoms with Crippen LogP contribution in [0.15, 0.2) is 0 Å². The molecule has 13 heavy (non-hydrogen) atoms. The molecule has 0 fully saturated rings. The van der Waals surface area contributed by atoms with Gasteiger partial charge in [0, 0.05) is 18.5 Å². The molecule has 76 valence electrons. The van der Waals surface area contributed by atoms with E-state index in [0.717, 1.165) is 6.29 Å². The van der Waals surface area contributed by atoms with E-state index in [4.69, 9.17) is 5.11 Å². The number of hydrogen-bond acceptors (Lipinski definition) is 2. The predicted molar refractivity (Wildman–Crippen MR) is 49.8 cm³/mol. The number of aldehydes is 1. The lowest BCUT2D eigenvalue weighted by Gasteiger charge is -2.32. The summed E-state index contributed by atoms with van der Waals surface area (Å²) in [5.74, 6) is 0. The summed E-state index contributed by atoms with van der Waals surface area (Å²) in [6.45, 7) is 5.92. The molecule has 0 radical (unpaired) electrons. The zero-order valence-electron chi connectivity index (χ0n) is 8.41. The fraction of sp³-hybridized carbons (Fsp3) is 0.778. The first kappa shape index (κ1) is 11.9. The SMILES string of the molecule is CC(C)(C)N(CCCC=O)C(=O)O. The Labute approximate surface area is 78.5 Å². The summed E-state index contributed by atoms with van der Waals surface area (Å²) in [5.41, 5.74) is -0.394. The average Bonchev–Trinajstić information content (AvgIpc) is 1.94. The molecule has 1 amide bonds. The summed E-state index contributed by atoms with van der Waals surface area (Å²) < 4.78 is 0. The van der Waals surface area contributed by atoms with Crippen LogP contribution in [0.4, 0.5) is 4.79 Å². The summed E-state index contributed by atoms with van der Waals surface area (Å²) in [5, 5.41) is 8.85. The van der Waals surface area contributed by atoms with E-state index in [2.05, 4.69) is 0 Å². The van der Waals surface area contributed by atoms with Gasteiger partial charge in [-0.05, 0) is 27.2 Å². The molecule has 0 rings (SSSR count). The fourth-order valence-electron chi connectivity index (χ4n) is 1.05. The molecule has 4 heteroatoms. The minimum atomic E-state index is -0.932. The molecule has 0 bridgehead atoms. The molecule has 0 aliphatic heterocycles. The van der Waals surface area contributed by atoms with Crippen molar-refractivity contribution < 1.29 is 14.7 Å². The van der Waals surface area contributed by atoms with Crippen LogP contribution in [0.3, 0.4) is 0 Å². The number of carbonyl (C=O) groups is 2. The van der Waals surface area contributed by atoms with Crippen LogP contribution >= 0.6 is 0 Å². The van der Waals surface area contributed by atoms with Crippen molar-refractivity contribution >= 4 is 12.4 Å². The van der Waals surface area contributed by atoms with Crippen LogP contribution in [-0.2, 0) is 4.79 Å². The summed E-state index contributed by atoms with van der Waals surface area (Å²) in [6, 6.07) is 0. The Morgan fingerprint density at radius 3 is 2.31 bits per heavy atom. The van der Waals surface area contributed by atoms with Crippen molar-refractivity contribution in [3.63, 3.8) is 0 Å². The van der Waals surface area contributed by atoms with Gasteiger partial charge in [-0.2, -0.15) is 0 Å². The van der Waals surface area contributed by atoms with Crippen LogP contribution in [-0.4, -0.2) is 34.5 Å². The molecule has 0 aliphatic carbocycles. The van der Waals surface area contributed by atoms with Crippen LogP contribution in [0.25, 0.3) is 0 Å². The first-order valence-corrected chi connectivity index (χ1v) is 4.34. The topological polar surface area (TPSA) is 57.6 Å². The summed E-state index contributed by atoms with van der Waals surface area (Å²) in [7, 11) is 0. The van der Waals surface area contributed by atoms with Gasteiger partial charge in [0.2, 0.25) is 0 Å². The Morgan fingerprint density at radius 1 is 1.46 bits per heavy atom. The molecule has 0 heterocycles. The number of nitrogens with zero attached hydrogens (tertiary/aromatic N) is 1. The van der Waals surface area contributed by atoms with Crippen molar-refractivity contribution in [1.29, 1.82) is 0 Å². The van der Waals surface area contributed by atoms with Gasteiger partial charge in [0.1, 0.15) is 6.29 Å². The molecule has 0 atom stereocenters. The van der Waals surface area contributed by atoms with Crippen LogP contribution in [0, 0.1) is 0 Å². The Morgan fingerprint density at radius 2 is 2.00 bits per heavy atom. The van der Waals surface area contributed by atoms with Crippen molar-refractivity contribution in [3.05, 3.63) is 0 Å². The van der Waals surface area contributed by atoms with Crippen molar-refractivity contribution in [2.45, 2.75) is 39.2 Å². The highest BCUT2D eigenvalue weighted by Crippen LogP contribution is 2.13. The average molecular weight is 187 g/mol. The van der Waals surface area contributed by atoms with Crippen LogP contribution < -0.4 is 0 Å². The summed E-state index contributed by atoms with van der Waals surface area (Å²) in [4.78, 5) is 22.2. The third kappa shape index (κ3) is 4.50. The van der Waals surface area contributed by atoms with Crippen LogP contribution in [0.2, 0.25) is 0 Å². The molecule has 0 unspecified atom stereocenters. The summed E-state index contributed by atoms with van der Waals surface area (Å²) >= 11 is 0. The number of unbranched alkanes of at least 4 members (excludes halogenated alkanes) is 1. The number of carbonyl (C=O) groups excluding carboxylic acids is 1. The van der Waals surface area contributed by atoms with Crippen molar-refractivity contribution in [1.82, 2.24) is 4.90 Å². The van der Waals surface area contributed by atoms with Gasteiger partial charge < -0.3 is 14.8 Å². The van der Waals surface area contributed by atoms with E-state index >= 15 is 0 Å². The maximum atomic E-state index is 10.8. The molecule has 0 aromatic rings. The Kier molecular flexibility index (Phi) is 4.45. The van der Waals surface area contributed by atoms with Crippen LogP contribution in [0.1, 0.15) is 33.6 Å². The van der Waals surface area contributed by atoms with Gasteiger partial charge in [0.05, 0.1) is 0 Å². The molecule has 0 aromatic heterocycles. The van der Waals surface area contributed by atoms with Gasteiger partial charge in [-0.25, -0.2) is 4.79 Å². The zero-order valence-corrected chi connectivity index (χ0v) is 8.41. The second-order valence-electron chi connectivity index (χ2n) is 3.91. The minimum Gasteiger partial charge on any atom is -0.465 e. The molecular weight excluding hydrogens is 170 g/mol. The van der Waals surface area contributed by atoms with E-state index in [1.165, 1.54) is 4.90 Å². The van der Waals surface area contributed by atoms with E-state index in [1.54, 1.807) is 0 Å². The maximum absolute atomic E-state index is 10.8. The molecule has 0 spiro atoms. The molecule has 4 nitrogen and oxygen atoms in total. The fourth-order valence-corrected chi connectivity index (χ4v) is 1.05. The first-order valence-electron chi connectivity index (χ1n) is 4.34. The first-order chi connectivity index (χ1) is 5.89. The van der Waals surface area contributed by atoms with Crippen molar-refractivity contribution in [3.8, 4) is 0 Å². The second kappa shape index (κ2) is 4.84. The van der Waals surface area contributed by atoms with Crippen LogP contribution in [0.5, 0.6) is 0 Å². The van der Waals surface area contributed by atoms with Gasteiger partial charge in [-0.3, -0.25) is 0 Å². The lowest BCUT2D eigenvalue weighted by atomic mass is 10.1. The smallest absolute Gasteiger partial charge is 0.407 e. The highest BCUT2D eigenvalue weighted by atomic mass is 16.4. The van der Waals surface area contributed by atoms with E-state index in [1.807, 2.05) is 20.8 Å². The quantitative estimate of drug-likeness (QED) is 0.538. The highest BCUT2D eigenvalue weighted by Gasteiger charge is 2.24. The van der Waals surface area contributed by atoms with Gasteiger partial charge >= 0.3 is 6.09 Å². The summed E-state index contributed by atoms with van der Waals surface area (Å²) in [6.07, 6.45) is 0.883. The molecule has 0 saturated heterocycles. The van der Waals surface area contributed by atoms with E-state index < -0.39 is 11.6 Å². The number of carboxylic acid groups (broad SMARTS) is 1. The molecular formula is C9H17NO3. The molecule has 1 N–H and O–H groups in total. The molecule has 0 aliphatic rings. The van der Waals surface area contributed by atoms with E-state index in [0.29, 0.717) is 19.4 Å². The number of amides is 1. The van der Waals surface area contributed by atoms with Gasteiger partial charge in [0.15, 0.2) is 0 Å². The lowest BCUT2D eigenvalue weighted by Crippen LogP contribution is -2.45. The van der Waals surface area contributed by atoms with Crippen molar-refractivity contribution in [2.24, 2.45) is 0 Å². The van der Waals surface area contributed by atoms with Crippen molar-refractivity contribution in [2.75, 3.05) is 6.54 Å². The monoisotopic (exact) mass is 187 g/mol. The predicted octanol–water partition coefficient (Wildman–Crippen LogP) is 1.74. The highest BCUT2D eigenvalue weighted by molar-refractivity contribution is 5.66. The third-order valence-electron chi connectivity index (χ3n) is 1.74. The molecule has 0 aromatic carbocycles. The Bertz CT molecular complexity index is 184. The van der Waals surface area contributed by atoms with Gasteiger partial charge in [-0.15, -0.1) is 0 Å². The number of hydrogen-bond donors (Lipinski definition) is 1. The van der Waals surface area contributed by atoms with E-state index in [-0.39, 0.29) is 0 Å². The Balaban J connectivity index is 4.12. The molecule has 0 saturated carbocycles. The normalized spacial score (nSPS) is 11.0. The largest absolute Gasteiger partial charge is 0.465 e. The lowest BCUT2D eigenvalue weighted by molar-refractivity contribution is -0.108. The van der Waals surface area contributed by atoms with Gasteiger partial charge in [0.25, 0.3) is 0 Å².